The Hall–Kier alpha value is -2.14. The van der Waals surface area contributed by atoms with E-state index >= 15 is 0 Å². The molecule has 0 spiro atoms. The number of anilines is 1. The molecule has 0 saturated heterocycles. The molecular formula is C17H16FNO2S. The Bertz CT molecular complexity index is 668. The van der Waals surface area contributed by atoms with Crippen molar-refractivity contribution in [3.8, 4) is 0 Å². The average Bonchev–Trinajstić information content (AvgIpc) is 2.50. The fraction of sp³-hybridized carbons (Fsp3) is 0.176. The molecule has 3 nitrogen and oxygen atoms in total. The van der Waals surface area contributed by atoms with Crippen LogP contribution in [0.4, 0.5) is 10.1 Å². The molecular weight excluding hydrogens is 301 g/mol. The lowest BCUT2D eigenvalue weighted by Gasteiger charge is -2.12. The summed E-state index contributed by atoms with van der Waals surface area (Å²) >= 11 is 1.35. The number of ketones is 1. The van der Waals surface area contributed by atoms with Crippen LogP contribution in [0, 0.1) is 5.82 Å². The lowest BCUT2D eigenvalue weighted by Crippen LogP contribution is -2.22. The largest absolute Gasteiger partial charge is 0.325 e. The number of nitrogens with one attached hydrogen (secondary N) is 1. The van der Waals surface area contributed by atoms with Crippen molar-refractivity contribution in [2.45, 2.75) is 24.0 Å². The third-order valence-corrected chi connectivity index (χ3v) is 4.17. The molecule has 0 aliphatic rings. The molecule has 0 aliphatic heterocycles. The van der Waals surface area contributed by atoms with Crippen LogP contribution < -0.4 is 5.32 Å². The number of carbonyl (C=O) groups excluding carboxylic acids is 2. The van der Waals surface area contributed by atoms with Gasteiger partial charge in [-0.3, -0.25) is 9.59 Å². The van der Waals surface area contributed by atoms with Crippen molar-refractivity contribution in [2.24, 2.45) is 0 Å². The zero-order valence-corrected chi connectivity index (χ0v) is 13.1. The van der Waals surface area contributed by atoms with Crippen LogP contribution in [0.25, 0.3) is 0 Å². The number of halogens is 1. The average molecular weight is 317 g/mol. The van der Waals surface area contributed by atoms with Crippen LogP contribution in [0.3, 0.4) is 0 Å². The zero-order chi connectivity index (χ0) is 16.1. The Morgan fingerprint density at radius 2 is 1.64 bits per heavy atom. The van der Waals surface area contributed by atoms with Crippen LogP contribution in [0.15, 0.2) is 53.4 Å². The maximum absolute atomic E-state index is 12.8. The van der Waals surface area contributed by atoms with Gasteiger partial charge < -0.3 is 5.32 Å². The predicted molar refractivity (Wildman–Crippen MR) is 86.8 cm³/mol. The van der Waals surface area contributed by atoms with E-state index in [0.29, 0.717) is 11.3 Å². The fourth-order valence-electron chi connectivity index (χ4n) is 1.80. The Kier molecular flexibility index (Phi) is 5.33. The first-order valence-corrected chi connectivity index (χ1v) is 7.68. The molecule has 5 heteroatoms. The molecule has 0 saturated carbocycles. The number of thioether (sulfide) groups is 1. The van der Waals surface area contributed by atoms with Crippen molar-refractivity contribution < 1.29 is 14.0 Å². The van der Waals surface area contributed by atoms with Gasteiger partial charge in [-0.1, -0.05) is 0 Å². The van der Waals surface area contributed by atoms with Crippen molar-refractivity contribution in [1.29, 1.82) is 0 Å². The van der Waals surface area contributed by atoms with Gasteiger partial charge >= 0.3 is 0 Å². The van der Waals surface area contributed by atoms with Gasteiger partial charge in [0.05, 0.1) is 5.25 Å². The van der Waals surface area contributed by atoms with Crippen molar-refractivity contribution in [1.82, 2.24) is 0 Å². The summed E-state index contributed by atoms with van der Waals surface area (Å²) in [6.45, 7) is 3.28. The summed E-state index contributed by atoms with van der Waals surface area (Å²) < 4.78 is 12.8. The minimum atomic E-state index is -0.321. The third-order valence-electron chi connectivity index (χ3n) is 3.05. The second kappa shape index (κ2) is 7.22. The Balaban J connectivity index is 1.95. The molecule has 0 fully saturated rings. The number of rotatable bonds is 5. The standard InChI is InChI=1S/C17H16FNO2S/c1-11(20)13-3-7-15(8-4-13)19-17(21)12(2)22-16-9-5-14(18)6-10-16/h3-10,12H,1-2H3,(H,19,21)/t12-/m0/s1. The van der Waals surface area contributed by atoms with Gasteiger partial charge in [-0.2, -0.15) is 0 Å². The summed E-state index contributed by atoms with van der Waals surface area (Å²) in [6, 6.07) is 12.8. The monoisotopic (exact) mass is 317 g/mol. The van der Waals surface area contributed by atoms with Crippen molar-refractivity contribution in [3.63, 3.8) is 0 Å². The molecule has 2 rings (SSSR count). The first-order valence-electron chi connectivity index (χ1n) is 6.80. The number of amides is 1. The molecule has 0 unspecified atom stereocenters. The van der Waals surface area contributed by atoms with E-state index in [2.05, 4.69) is 5.32 Å². The van der Waals surface area contributed by atoms with E-state index in [4.69, 9.17) is 0 Å². The maximum Gasteiger partial charge on any atom is 0.237 e. The van der Waals surface area contributed by atoms with Gasteiger partial charge in [0, 0.05) is 16.1 Å². The summed E-state index contributed by atoms with van der Waals surface area (Å²) in [5.74, 6) is -0.463. The van der Waals surface area contributed by atoms with E-state index in [1.165, 1.54) is 30.8 Å². The minimum absolute atomic E-state index is 0.0156. The van der Waals surface area contributed by atoms with Crippen LogP contribution in [0.2, 0.25) is 0 Å². The SMILES string of the molecule is CC(=O)c1ccc(NC(=O)[C@H](C)Sc2ccc(F)cc2)cc1. The second-order valence-corrected chi connectivity index (χ2v) is 6.25. The van der Waals surface area contributed by atoms with Crippen molar-refractivity contribution >= 4 is 29.1 Å². The summed E-state index contributed by atoms with van der Waals surface area (Å²) in [5.41, 5.74) is 1.24. The molecule has 2 aromatic carbocycles. The highest BCUT2D eigenvalue weighted by Gasteiger charge is 2.14. The molecule has 1 N–H and O–H groups in total. The van der Waals surface area contributed by atoms with Gasteiger partial charge in [-0.15, -0.1) is 11.8 Å². The van der Waals surface area contributed by atoms with Gasteiger partial charge in [0.1, 0.15) is 5.82 Å². The molecule has 1 amide bonds. The molecule has 0 aliphatic carbocycles. The number of hydrogen-bond acceptors (Lipinski definition) is 3. The van der Waals surface area contributed by atoms with Gasteiger partial charge in [0.2, 0.25) is 5.91 Å². The summed E-state index contributed by atoms with van der Waals surface area (Å²) in [6.07, 6.45) is 0. The molecule has 0 aromatic heterocycles. The quantitative estimate of drug-likeness (QED) is 0.665. The van der Waals surface area contributed by atoms with E-state index in [-0.39, 0.29) is 22.8 Å². The van der Waals surface area contributed by atoms with Crippen LogP contribution in [0.1, 0.15) is 24.2 Å². The van der Waals surface area contributed by atoms with Crippen molar-refractivity contribution in [3.05, 3.63) is 59.9 Å². The molecule has 114 valence electrons. The fourth-order valence-corrected chi connectivity index (χ4v) is 2.67. The number of Topliss-reactive ketones (excluding diaryl/α,β-unsaturated/α-hetero) is 1. The summed E-state index contributed by atoms with van der Waals surface area (Å²) in [4.78, 5) is 24.2. The third kappa shape index (κ3) is 4.43. The molecule has 22 heavy (non-hydrogen) atoms. The van der Waals surface area contributed by atoms with Crippen LogP contribution in [0.5, 0.6) is 0 Å². The topological polar surface area (TPSA) is 46.2 Å². The maximum atomic E-state index is 12.8. The summed E-state index contributed by atoms with van der Waals surface area (Å²) in [7, 11) is 0. The summed E-state index contributed by atoms with van der Waals surface area (Å²) in [5, 5.41) is 2.47. The molecule has 1 atom stereocenters. The number of hydrogen-bond donors (Lipinski definition) is 1. The lowest BCUT2D eigenvalue weighted by molar-refractivity contribution is -0.115. The number of benzene rings is 2. The van der Waals surface area contributed by atoms with Gasteiger partial charge in [-0.25, -0.2) is 4.39 Å². The van der Waals surface area contributed by atoms with Crippen molar-refractivity contribution in [2.75, 3.05) is 5.32 Å². The molecule has 0 heterocycles. The Morgan fingerprint density at radius 1 is 1.05 bits per heavy atom. The number of carbonyl (C=O) groups is 2. The van der Waals surface area contributed by atoms with E-state index in [0.717, 1.165) is 4.90 Å². The van der Waals surface area contributed by atoms with E-state index in [9.17, 15) is 14.0 Å². The molecule has 2 aromatic rings. The molecule has 0 radical (unpaired) electrons. The van der Waals surface area contributed by atoms with Gasteiger partial charge in [0.15, 0.2) is 5.78 Å². The smallest absolute Gasteiger partial charge is 0.237 e. The highest BCUT2D eigenvalue weighted by atomic mass is 32.2. The normalized spacial score (nSPS) is 11.8. The first-order chi connectivity index (χ1) is 10.5. The highest BCUT2D eigenvalue weighted by Crippen LogP contribution is 2.24. The van der Waals surface area contributed by atoms with Gasteiger partial charge in [0.25, 0.3) is 0 Å². The highest BCUT2D eigenvalue weighted by molar-refractivity contribution is 8.00. The van der Waals surface area contributed by atoms with Crippen LogP contribution in [-0.4, -0.2) is 16.9 Å². The zero-order valence-electron chi connectivity index (χ0n) is 12.3. The van der Waals surface area contributed by atoms with Gasteiger partial charge in [-0.05, 0) is 62.4 Å². The first kappa shape index (κ1) is 16.2. The second-order valence-electron chi connectivity index (χ2n) is 4.84. The van der Waals surface area contributed by atoms with E-state index < -0.39 is 0 Å². The predicted octanol–water partition coefficient (Wildman–Crippen LogP) is 4.15. The van der Waals surface area contributed by atoms with Crippen LogP contribution in [-0.2, 0) is 4.79 Å². The minimum Gasteiger partial charge on any atom is -0.325 e. The Morgan fingerprint density at radius 3 is 2.18 bits per heavy atom. The lowest BCUT2D eigenvalue weighted by atomic mass is 10.1. The van der Waals surface area contributed by atoms with E-state index in [1.54, 1.807) is 43.3 Å². The van der Waals surface area contributed by atoms with Crippen LogP contribution >= 0.6 is 11.8 Å². The Labute approximate surface area is 132 Å². The molecule has 0 bridgehead atoms. The van der Waals surface area contributed by atoms with E-state index in [1.807, 2.05) is 0 Å².